The molecule has 0 aliphatic carbocycles. The summed E-state index contributed by atoms with van der Waals surface area (Å²) in [6, 6.07) is 0. The molecule has 0 fully saturated rings. The second kappa shape index (κ2) is 39.4. The van der Waals surface area contributed by atoms with Crippen LogP contribution >= 0.6 is 0 Å². The zero-order chi connectivity index (χ0) is 39.8. The van der Waals surface area contributed by atoms with E-state index in [-0.39, 0.29) is 17.8 Å². The van der Waals surface area contributed by atoms with Crippen LogP contribution in [0.4, 0.5) is 4.79 Å². The van der Waals surface area contributed by atoms with Gasteiger partial charge in [-0.1, -0.05) is 160 Å². The Bertz CT molecular complexity index is 917. The molecule has 1 N–H and O–H groups in total. The van der Waals surface area contributed by atoms with E-state index in [0.29, 0.717) is 12.5 Å². The van der Waals surface area contributed by atoms with Gasteiger partial charge in [0.1, 0.15) is 6.10 Å². The third-order valence-electron chi connectivity index (χ3n) is 10.5. The maximum Gasteiger partial charge on any atom is 0.407 e. The van der Waals surface area contributed by atoms with Gasteiger partial charge in [-0.2, -0.15) is 0 Å². The largest absolute Gasteiger partial charge is 0.446 e. The molecule has 1 amide bonds. The van der Waals surface area contributed by atoms with Crippen LogP contribution < -0.4 is 5.32 Å². The standard InChI is InChI=1S/C50H93NO3/c1-8-10-12-14-16-18-19-20-21-22-23-24-26-28-30-35-40-48(54-49(52)51-44-37-43-50(6,7)53-45-42-46(3)4)41-36-32-31-34-39-47(5)38-33-29-27-25-17-15-13-11-9-2/h16-18,20-21,25,29,33,46-48H,8-15,19,22-24,26-28,30-32,34-45H2,1-7H3,(H,51,52). The van der Waals surface area contributed by atoms with Gasteiger partial charge in [-0.3, -0.25) is 0 Å². The molecule has 54 heavy (non-hydrogen) atoms. The van der Waals surface area contributed by atoms with Crippen molar-refractivity contribution in [3.63, 3.8) is 0 Å². The van der Waals surface area contributed by atoms with Gasteiger partial charge in [0.2, 0.25) is 0 Å². The number of hydrogen-bond donors (Lipinski definition) is 1. The van der Waals surface area contributed by atoms with Gasteiger partial charge in [-0.25, -0.2) is 4.79 Å². The summed E-state index contributed by atoms with van der Waals surface area (Å²) in [7, 11) is 0. The number of carbonyl (C=O) groups is 1. The fourth-order valence-electron chi connectivity index (χ4n) is 6.73. The number of rotatable bonds is 39. The van der Waals surface area contributed by atoms with Crippen LogP contribution in [-0.4, -0.2) is 30.9 Å². The molecule has 0 heterocycles. The van der Waals surface area contributed by atoms with Gasteiger partial charge >= 0.3 is 6.09 Å². The second-order valence-corrected chi connectivity index (χ2v) is 17.2. The lowest BCUT2D eigenvalue weighted by atomic mass is 9.98. The van der Waals surface area contributed by atoms with E-state index in [4.69, 9.17) is 9.47 Å². The van der Waals surface area contributed by atoms with E-state index in [1.807, 2.05) is 0 Å². The lowest BCUT2D eigenvalue weighted by molar-refractivity contribution is -0.0288. The summed E-state index contributed by atoms with van der Waals surface area (Å²) in [5, 5.41) is 3.04. The first-order valence-electron chi connectivity index (χ1n) is 23.4. The molecule has 316 valence electrons. The summed E-state index contributed by atoms with van der Waals surface area (Å²) < 4.78 is 12.1. The van der Waals surface area contributed by atoms with Gasteiger partial charge in [-0.05, 0) is 128 Å². The molecule has 0 radical (unpaired) electrons. The van der Waals surface area contributed by atoms with Gasteiger partial charge in [0, 0.05) is 13.2 Å². The molecule has 0 rings (SSSR count). The molecule has 4 nitrogen and oxygen atoms in total. The Hall–Kier alpha value is -1.81. The first-order valence-corrected chi connectivity index (χ1v) is 23.4. The molecule has 0 aromatic carbocycles. The molecular formula is C50H93NO3. The molecule has 0 aliphatic heterocycles. The van der Waals surface area contributed by atoms with Crippen molar-refractivity contribution in [2.45, 2.75) is 240 Å². The summed E-state index contributed by atoms with van der Waals surface area (Å²) in [5.41, 5.74) is -0.163. The Kier molecular flexibility index (Phi) is 38.1. The van der Waals surface area contributed by atoms with Crippen LogP contribution in [0.5, 0.6) is 0 Å². The van der Waals surface area contributed by atoms with Crippen molar-refractivity contribution >= 4 is 6.09 Å². The molecule has 4 heteroatoms. The topological polar surface area (TPSA) is 47.6 Å². The van der Waals surface area contributed by atoms with E-state index >= 15 is 0 Å². The summed E-state index contributed by atoms with van der Waals surface area (Å²) in [4.78, 5) is 12.8. The molecule has 0 saturated carbocycles. The zero-order valence-electron chi connectivity index (χ0n) is 37.3. The van der Waals surface area contributed by atoms with E-state index in [1.165, 1.54) is 122 Å². The van der Waals surface area contributed by atoms with E-state index in [1.54, 1.807) is 0 Å². The number of alkyl carbamates (subject to hydrolysis) is 1. The summed E-state index contributed by atoms with van der Waals surface area (Å²) in [6.45, 7) is 17.1. The molecule has 2 unspecified atom stereocenters. The van der Waals surface area contributed by atoms with Crippen LogP contribution in [0.15, 0.2) is 48.6 Å². The maximum atomic E-state index is 12.8. The van der Waals surface area contributed by atoms with Crippen molar-refractivity contribution in [1.29, 1.82) is 0 Å². The van der Waals surface area contributed by atoms with Gasteiger partial charge in [0.05, 0.1) is 5.60 Å². The Morgan fingerprint density at radius 3 is 1.59 bits per heavy atom. The number of hydrogen-bond acceptors (Lipinski definition) is 3. The molecule has 0 aromatic rings. The van der Waals surface area contributed by atoms with Gasteiger partial charge in [0.15, 0.2) is 0 Å². The lowest BCUT2D eigenvalue weighted by Gasteiger charge is -2.26. The minimum Gasteiger partial charge on any atom is -0.446 e. The second-order valence-electron chi connectivity index (χ2n) is 17.2. The van der Waals surface area contributed by atoms with Crippen LogP contribution in [0.25, 0.3) is 0 Å². The number of unbranched alkanes of at least 4 members (excludes halogenated alkanes) is 15. The maximum absolute atomic E-state index is 12.8. The number of allylic oxidation sites excluding steroid dienone is 8. The molecule has 0 aliphatic rings. The van der Waals surface area contributed by atoms with Crippen LogP contribution in [0.3, 0.4) is 0 Å². The Balaban J connectivity index is 4.42. The summed E-state index contributed by atoms with van der Waals surface area (Å²) >= 11 is 0. The summed E-state index contributed by atoms with van der Waals surface area (Å²) in [6.07, 6.45) is 52.1. The molecule has 0 saturated heterocycles. The highest BCUT2D eigenvalue weighted by atomic mass is 16.6. The van der Waals surface area contributed by atoms with Gasteiger partial charge in [-0.15, -0.1) is 0 Å². The predicted molar refractivity (Wildman–Crippen MR) is 239 cm³/mol. The number of ether oxygens (including phenoxy) is 2. The monoisotopic (exact) mass is 756 g/mol. The van der Waals surface area contributed by atoms with Crippen molar-refractivity contribution in [2.24, 2.45) is 11.8 Å². The Morgan fingerprint density at radius 2 is 1.06 bits per heavy atom. The van der Waals surface area contributed by atoms with Crippen LogP contribution in [0, 0.1) is 11.8 Å². The van der Waals surface area contributed by atoms with Crippen molar-refractivity contribution < 1.29 is 14.3 Å². The Labute approximate surface area is 338 Å². The van der Waals surface area contributed by atoms with Crippen LogP contribution in [-0.2, 0) is 9.47 Å². The Morgan fingerprint density at radius 1 is 0.574 bits per heavy atom. The smallest absolute Gasteiger partial charge is 0.407 e. The molecule has 2 atom stereocenters. The summed E-state index contributed by atoms with van der Waals surface area (Å²) in [5.74, 6) is 1.40. The quantitative estimate of drug-likeness (QED) is 0.0502. The highest BCUT2D eigenvalue weighted by molar-refractivity contribution is 5.67. The fourth-order valence-corrected chi connectivity index (χ4v) is 6.73. The lowest BCUT2D eigenvalue weighted by Crippen LogP contribution is -2.32. The van der Waals surface area contributed by atoms with E-state index in [2.05, 4.69) is 102 Å². The minimum atomic E-state index is -0.243. The van der Waals surface area contributed by atoms with E-state index in [9.17, 15) is 4.79 Å². The van der Waals surface area contributed by atoms with E-state index in [0.717, 1.165) is 70.3 Å². The predicted octanol–water partition coefficient (Wildman–Crippen LogP) is 16.4. The third kappa shape index (κ3) is 39.9. The third-order valence-corrected chi connectivity index (χ3v) is 10.5. The highest BCUT2D eigenvalue weighted by Gasteiger charge is 2.19. The first kappa shape index (κ1) is 52.2. The number of amides is 1. The zero-order valence-corrected chi connectivity index (χ0v) is 37.3. The van der Waals surface area contributed by atoms with E-state index < -0.39 is 0 Å². The van der Waals surface area contributed by atoms with Crippen molar-refractivity contribution in [3.05, 3.63) is 48.6 Å². The van der Waals surface area contributed by atoms with Gasteiger partial charge < -0.3 is 14.8 Å². The van der Waals surface area contributed by atoms with Crippen LogP contribution in [0.1, 0.15) is 228 Å². The highest BCUT2D eigenvalue weighted by Crippen LogP contribution is 2.20. The fraction of sp³-hybridized carbons (Fsp3) is 0.820. The average Bonchev–Trinajstić information content (AvgIpc) is 3.13. The van der Waals surface area contributed by atoms with Crippen LogP contribution in [0.2, 0.25) is 0 Å². The average molecular weight is 756 g/mol. The van der Waals surface area contributed by atoms with Crippen molar-refractivity contribution in [3.8, 4) is 0 Å². The molecule has 0 bridgehead atoms. The normalized spacial score (nSPS) is 13.7. The number of carbonyl (C=O) groups excluding carboxylic acids is 1. The number of nitrogens with one attached hydrogen (secondary N) is 1. The van der Waals surface area contributed by atoms with Crippen molar-refractivity contribution in [2.75, 3.05) is 13.2 Å². The van der Waals surface area contributed by atoms with Crippen molar-refractivity contribution in [1.82, 2.24) is 5.32 Å². The van der Waals surface area contributed by atoms with Gasteiger partial charge in [0.25, 0.3) is 0 Å². The SMILES string of the molecule is CCCCCC=CCC=CCCCCCCCCC(CCCCCCC(C)CC=CCC=CCCCCC)OC(=O)NCCCC(C)(C)OCCC(C)C. The molecular weight excluding hydrogens is 663 g/mol. The first-order chi connectivity index (χ1) is 26.2. The minimum absolute atomic E-state index is 0.0244. The molecule has 0 aromatic heterocycles. The molecule has 0 spiro atoms.